The van der Waals surface area contributed by atoms with Crippen LogP contribution in [0.4, 0.5) is 4.39 Å². The molecule has 0 unspecified atom stereocenters. The van der Waals surface area contributed by atoms with E-state index in [0.29, 0.717) is 16.5 Å². The van der Waals surface area contributed by atoms with Crippen molar-refractivity contribution in [3.63, 3.8) is 0 Å². The molecule has 4 heteroatoms. The van der Waals surface area contributed by atoms with Gasteiger partial charge < -0.3 is 4.42 Å². The number of rotatable bonds is 3. The molecule has 21 heavy (non-hydrogen) atoms. The van der Waals surface area contributed by atoms with Crippen LogP contribution in [0.25, 0.3) is 11.0 Å². The first kappa shape index (κ1) is 13.2. The lowest BCUT2D eigenvalue weighted by Gasteiger charge is -2.02. The predicted octanol–water partition coefficient (Wildman–Crippen LogP) is 3.36. The Labute approximate surface area is 119 Å². The summed E-state index contributed by atoms with van der Waals surface area (Å²) in [5.74, 6) is -0.711. The van der Waals surface area contributed by atoms with Crippen LogP contribution in [-0.2, 0) is 6.42 Å². The number of carbonyl (C=O) groups excluding carboxylic acids is 1. The average molecular weight is 282 g/mol. The number of para-hydroxylation sites is 1. The fraction of sp³-hybridized carbons (Fsp3) is 0.0588. The quantitative estimate of drug-likeness (QED) is 0.546. The van der Waals surface area contributed by atoms with Gasteiger partial charge in [0.05, 0.1) is 0 Å². The molecule has 3 rings (SSSR count). The van der Waals surface area contributed by atoms with E-state index < -0.39 is 5.63 Å². The van der Waals surface area contributed by atoms with Crippen LogP contribution in [0.3, 0.4) is 0 Å². The molecule has 3 nitrogen and oxygen atoms in total. The van der Waals surface area contributed by atoms with Crippen molar-refractivity contribution in [3.05, 3.63) is 82.0 Å². The lowest BCUT2D eigenvalue weighted by atomic mass is 10.0. The lowest BCUT2D eigenvalue weighted by Crippen LogP contribution is -2.15. The van der Waals surface area contributed by atoms with Gasteiger partial charge in [-0.1, -0.05) is 30.3 Å². The molecule has 0 bridgehead atoms. The summed E-state index contributed by atoms with van der Waals surface area (Å²) in [6.07, 6.45) is 0.0311. The molecule has 0 radical (unpaired) electrons. The predicted molar refractivity (Wildman–Crippen MR) is 76.9 cm³/mol. The monoisotopic (exact) mass is 282 g/mol. The van der Waals surface area contributed by atoms with Crippen molar-refractivity contribution >= 4 is 16.8 Å². The lowest BCUT2D eigenvalue weighted by molar-refractivity contribution is 0.0989. The standard InChI is InChI=1S/C17H11FO3/c18-13-7-5-11(6-8-13)9-15(19)14-10-12-3-1-2-4-16(12)21-17(14)20/h1-8,10H,9H2. The Morgan fingerprint density at radius 3 is 2.52 bits per heavy atom. The van der Waals surface area contributed by atoms with Crippen LogP contribution in [0.5, 0.6) is 0 Å². The van der Waals surface area contributed by atoms with Gasteiger partial charge in [0, 0.05) is 11.8 Å². The van der Waals surface area contributed by atoms with Crippen molar-refractivity contribution in [2.45, 2.75) is 6.42 Å². The van der Waals surface area contributed by atoms with Crippen molar-refractivity contribution in [1.29, 1.82) is 0 Å². The third-order valence-electron chi connectivity index (χ3n) is 3.22. The molecular formula is C17H11FO3. The van der Waals surface area contributed by atoms with E-state index in [1.807, 2.05) is 0 Å². The van der Waals surface area contributed by atoms with Gasteiger partial charge in [0.2, 0.25) is 0 Å². The molecule has 0 N–H and O–H groups in total. The summed E-state index contributed by atoms with van der Waals surface area (Å²) >= 11 is 0. The highest BCUT2D eigenvalue weighted by molar-refractivity contribution is 5.99. The smallest absolute Gasteiger partial charge is 0.347 e. The van der Waals surface area contributed by atoms with Gasteiger partial charge in [-0.3, -0.25) is 4.79 Å². The second kappa shape index (κ2) is 5.32. The molecule has 0 fully saturated rings. The zero-order valence-corrected chi connectivity index (χ0v) is 11.0. The highest BCUT2D eigenvalue weighted by Gasteiger charge is 2.14. The van der Waals surface area contributed by atoms with Crippen molar-refractivity contribution in [1.82, 2.24) is 0 Å². The molecule has 0 atom stereocenters. The molecule has 0 aliphatic heterocycles. The molecule has 3 aromatic rings. The number of Topliss-reactive ketones (excluding diaryl/α,β-unsaturated/α-hetero) is 1. The van der Waals surface area contributed by atoms with Gasteiger partial charge in [-0.2, -0.15) is 0 Å². The number of ketones is 1. The zero-order valence-electron chi connectivity index (χ0n) is 11.0. The molecule has 1 aromatic heterocycles. The van der Waals surface area contributed by atoms with Gasteiger partial charge >= 0.3 is 5.63 Å². The summed E-state index contributed by atoms with van der Waals surface area (Å²) in [6.45, 7) is 0. The Bertz CT molecular complexity index is 863. The van der Waals surface area contributed by atoms with E-state index in [1.54, 1.807) is 24.3 Å². The molecule has 104 valence electrons. The summed E-state index contributed by atoms with van der Waals surface area (Å²) in [6, 6.07) is 14.1. The third kappa shape index (κ3) is 2.74. The fourth-order valence-electron chi connectivity index (χ4n) is 2.14. The normalized spacial score (nSPS) is 10.7. The number of benzene rings is 2. The number of hydrogen-bond donors (Lipinski definition) is 0. The van der Waals surface area contributed by atoms with E-state index in [1.165, 1.54) is 30.3 Å². The maximum atomic E-state index is 12.8. The maximum absolute atomic E-state index is 12.8. The van der Waals surface area contributed by atoms with Gasteiger partial charge in [0.1, 0.15) is 17.0 Å². The Balaban J connectivity index is 1.95. The van der Waals surface area contributed by atoms with E-state index in [9.17, 15) is 14.0 Å². The first-order valence-electron chi connectivity index (χ1n) is 6.44. The Hall–Kier alpha value is -2.75. The Morgan fingerprint density at radius 2 is 1.76 bits per heavy atom. The minimum atomic E-state index is -0.652. The topological polar surface area (TPSA) is 47.3 Å². The van der Waals surface area contributed by atoms with E-state index >= 15 is 0 Å². The van der Waals surface area contributed by atoms with Crippen LogP contribution in [0, 0.1) is 5.82 Å². The van der Waals surface area contributed by atoms with E-state index in [4.69, 9.17) is 4.42 Å². The number of hydrogen-bond acceptors (Lipinski definition) is 3. The van der Waals surface area contributed by atoms with Crippen molar-refractivity contribution in [2.24, 2.45) is 0 Å². The number of fused-ring (bicyclic) bond motifs is 1. The highest BCUT2D eigenvalue weighted by atomic mass is 19.1. The van der Waals surface area contributed by atoms with Crippen molar-refractivity contribution < 1.29 is 13.6 Å². The first-order chi connectivity index (χ1) is 10.1. The molecule has 0 saturated heterocycles. The third-order valence-corrected chi connectivity index (χ3v) is 3.22. The minimum absolute atomic E-state index is 0.0121. The van der Waals surface area contributed by atoms with Crippen LogP contribution >= 0.6 is 0 Å². The number of halogens is 1. The van der Waals surface area contributed by atoms with Gasteiger partial charge in [-0.15, -0.1) is 0 Å². The van der Waals surface area contributed by atoms with Gasteiger partial charge in [-0.25, -0.2) is 9.18 Å². The molecular weight excluding hydrogens is 271 g/mol. The summed E-state index contributed by atoms with van der Waals surface area (Å²) in [5.41, 5.74) is 0.452. The summed E-state index contributed by atoms with van der Waals surface area (Å²) in [4.78, 5) is 24.1. The molecule has 1 heterocycles. The van der Waals surface area contributed by atoms with Crippen molar-refractivity contribution in [2.75, 3.05) is 0 Å². The Morgan fingerprint density at radius 1 is 1.05 bits per heavy atom. The SMILES string of the molecule is O=C(Cc1ccc(F)cc1)c1cc2ccccc2oc1=O. The minimum Gasteiger partial charge on any atom is -0.422 e. The van der Waals surface area contributed by atoms with Crippen molar-refractivity contribution in [3.8, 4) is 0 Å². The summed E-state index contributed by atoms with van der Waals surface area (Å²) in [7, 11) is 0. The van der Waals surface area contributed by atoms with Gasteiger partial charge in [0.15, 0.2) is 5.78 Å². The Kier molecular flexibility index (Phi) is 3.36. The van der Waals surface area contributed by atoms with Crippen LogP contribution < -0.4 is 5.63 Å². The van der Waals surface area contributed by atoms with Crippen LogP contribution in [0.1, 0.15) is 15.9 Å². The van der Waals surface area contributed by atoms with Gasteiger partial charge in [-0.05, 0) is 29.8 Å². The van der Waals surface area contributed by atoms with E-state index in [-0.39, 0.29) is 23.6 Å². The summed E-state index contributed by atoms with van der Waals surface area (Å²) in [5, 5.41) is 0.694. The van der Waals surface area contributed by atoms with E-state index in [0.717, 1.165) is 0 Å². The van der Waals surface area contributed by atoms with Crippen LogP contribution in [0.15, 0.2) is 63.8 Å². The number of carbonyl (C=O) groups is 1. The van der Waals surface area contributed by atoms with Crippen LogP contribution in [-0.4, -0.2) is 5.78 Å². The van der Waals surface area contributed by atoms with Gasteiger partial charge in [0.25, 0.3) is 0 Å². The van der Waals surface area contributed by atoms with E-state index in [2.05, 4.69) is 0 Å². The second-order valence-electron chi connectivity index (χ2n) is 4.71. The maximum Gasteiger partial charge on any atom is 0.347 e. The average Bonchev–Trinajstić information content (AvgIpc) is 2.49. The molecule has 0 spiro atoms. The molecule has 2 aromatic carbocycles. The first-order valence-corrected chi connectivity index (χ1v) is 6.44. The fourth-order valence-corrected chi connectivity index (χ4v) is 2.14. The molecule has 0 aliphatic carbocycles. The molecule has 0 saturated carbocycles. The highest BCUT2D eigenvalue weighted by Crippen LogP contribution is 2.14. The second-order valence-corrected chi connectivity index (χ2v) is 4.71. The zero-order chi connectivity index (χ0) is 14.8. The molecule has 0 aliphatic rings. The summed E-state index contributed by atoms with van der Waals surface area (Å²) < 4.78 is 18.0. The largest absolute Gasteiger partial charge is 0.422 e. The molecule has 0 amide bonds. The van der Waals surface area contributed by atoms with Crippen LogP contribution in [0.2, 0.25) is 0 Å².